The van der Waals surface area contributed by atoms with Crippen molar-refractivity contribution < 1.29 is 18.3 Å². The van der Waals surface area contributed by atoms with Gasteiger partial charge in [-0.1, -0.05) is 31.7 Å². The van der Waals surface area contributed by atoms with Gasteiger partial charge < -0.3 is 10.4 Å². The van der Waals surface area contributed by atoms with Crippen molar-refractivity contribution in [3.63, 3.8) is 0 Å². The van der Waals surface area contributed by atoms with Crippen LogP contribution < -0.4 is 5.32 Å². The molecule has 0 unspecified atom stereocenters. The summed E-state index contributed by atoms with van der Waals surface area (Å²) in [6, 6.07) is 3.73. The Morgan fingerprint density at radius 3 is 2.40 bits per heavy atom. The number of pyridine rings is 1. The van der Waals surface area contributed by atoms with Gasteiger partial charge in [-0.3, -0.25) is 0 Å². The van der Waals surface area contributed by atoms with Crippen LogP contribution in [0.3, 0.4) is 0 Å². The fraction of sp³-hybridized carbons (Fsp3) is 0.643. The molecule has 0 spiro atoms. The number of aromatic nitrogens is 1. The van der Waals surface area contributed by atoms with Crippen molar-refractivity contribution in [1.29, 1.82) is 0 Å². The van der Waals surface area contributed by atoms with E-state index in [-0.39, 0.29) is 12.4 Å². The van der Waals surface area contributed by atoms with E-state index in [0.29, 0.717) is 12.8 Å². The first kappa shape index (κ1) is 15.1. The molecular weight excluding hydrogens is 269 g/mol. The van der Waals surface area contributed by atoms with Crippen molar-refractivity contribution in [2.75, 3.05) is 11.9 Å². The maximum Gasteiger partial charge on any atom is 0.433 e. The van der Waals surface area contributed by atoms with Crippen LogP contribution in [0, 0.1) is 0 Å². The highest BCUT2D eigenvalue weighted by Gasteiger charge is 2.33. The Kier molecular flexibility index (Phi) is 4.52. The zero-order chi connectivity index (χ0) is 14.6. The number of alkyl halides is 3. The van der Waals surface area contributed by atoms with Gasteiger partial charge >= 0.3 is 6.18 Å². The first-order chi connectivity index (χ1) is 9.39. The molecule has 1 saturated carbocycles. The molecule has 0 saturated heterocycles. The zero-order valence-corrected chi connectivity index (χ0v) is 11.2. The van der Waals surface area contributed by atoms with Crippen molar-refractivity contribution in [3.8, 4) is 0 Å². The lowest BCUT2D eigenvalue weighted by Crippen LogP contribution is -2.36. The first-order valence-electron chi connectivity index (χ1n) is 6.90. The Morgan fingerprint density at radius 2 is 1.80 bits per heavy atom. The van der Waals surface area contributed by atoms with E-state index in [2.05, 4.69) is 10.3 Å². The Bertz CT molecular complexity index is 440. The summed E-state index contributed by atoms with van der Waals surface area (Å²) in [5.41, 5.74) is -1.76. The van der Waals surface area contributed by atoms with Gasteiger partial charge in [0.05, 0.1) is 5.60 Å². The van der Waals surface area contributed by atoms with Crippen molar-refractivity contribution in [3.05, 3.63) is 23.9 Å². The molecule has 0 aromatic carbocycles. The number of hydrogen-bond acceptors (Lipinski definition) is 3. The number of halogens is 3. The van der Waals surface area contributed by atoms with Gasteiger partial charge in [0.25, 0.3) is 0 Å². The molecule has 1 aliphatic carbocycles. The Balaban J connectivity index is 1.99. The van der Waals surface area contributed by atoms with Crippen LogP contribution in [0.5, 0.6) is 0 Å². The van der Waals surface area contributed by atoms with Crippen LogP contribution in [0.1, 0.15) is 44.2 Å². The molecule has 20 heavy (non-hydrogen) atoms. The number of rotatable bonds is 3. The Labute approximate surface area is 116 Å². The molecule has 3 nitrogen and oxygen atoms in total. The number of hydrogen-bond donors (Lipinski definition) is 2. The molecule has 112 valence electrons. The van der Waals surface area contributed by atoms with Crippen LogP contribution in [-0.4, -0.2) is 22.2 Å². The molecule has 1 fully saturated rings. The second-order valence-electron chi connectivity index (χ2n) is 5.40. The summed E-state index contributed by atoms with van der Waals surface area (Å²) in [6.45, 7) is 0.237. The Morgan fingerprint density at radius 1 is 1.15 bits per heavy atom. The van der Waals surface area contributed by atoms with Crippen molar-refractivity contribution in [2.45, 2.75) is 50.3 Å². The summed E-state index contributed by atoms with van der Waals surface area (Å²) < 4.78 is 37.7. The maximum atomic E-state index is 12.6. The van der Waals surface area contributed by atoms with Gasteiger partial charge in [-0.25, -0.2) is 4.98 Å². The lowest BCUT2D eigenvalue weighted by molar-refractivity contribution is -0.141. The van der Waals surface area contributed by atoms with E-state index in [0.717, 1.165) is 31.7 Å². The van der Waals surface area contributed by atoms with E-state index in [4.69, 9.17) is 0 Å². The summed E-state index contributed by atoms with van der Waals surface area (Å²) in [7, 11) is 0. The summed E-state index contributed by atoms with van der Waals surface area (Å²) in [6.07, 6.45) is 1.02. The van der Waals surface area contributed by atoms with Gasteiger partial charge in [-0.15, -0.1) is 0 Å². The average Bonchev–Trinajstić information content (AvgIpc) is 2.61. The molecule has 0 bridgehead atoms. The number of anilines is 1. The second kappa shape index (κ2) is 5.99. The van der Waals surface area contributed by atoms with Gasteiger partial charge in [0.2, 0.25) is 0 Å². The topological polar surface area (TPSA) is 45.1 Å². The van der Waals surface area contributed by atoms with Crippen LogP contribution >= 0.6 is 0 Å². The van der Waals surface area contributed by atoms with Crippen LogP contribution in [0.2, 0.25) is 0 Å². The highest BCUT2D eigenvalue weighted by atomic mass is 19.4. The van der Waals surface area contributed by atoms with Gasteiger partial charge in [0.15, 0.2) is 0 Å². The molecule has 1 aromatic rings. The van der Waals surface area contributed by atoms with E-state index in [1.54, 1.807) is 0 Å². The van der Waals surface area contributed by atoms with E-state index < -0.39 is 17.5 Å². The lowest BCUT2D eigenvalue weighted by Gasteiger charge is -2.27. The third kappa shape index (κ3) is 4.10. The van der Waals surface area contributed by atoms with Crippen LogP contribution in [-0.2, 0) is 6.18 Å². The predicted molar refractivity (Wildman–Crippen MR) is 70.4 cm³/mol. The van der Waals surface area contributed by atoms with Gasteiger partial charge in [-0.2, -0.15) is 13.2 Å². The number of aliphatic hydroxyl groups is 1. The van der Waals surface area contributed by atoms with Crippen molar-refractivity contribution in [2.24, 2.45) is 0 Å². The fourth-order valence-corrected chi connectivity index (χ4v) is 2.51. The molecule has 0 amide bonds. The van der Waals surface area contributed by atoms with E-state index in [1.807, 2.05) is 0 Å². The van der Waals surface area contributed by atoms with Crippen molar-refractivity contribution >= 4 is 5.82 Å². The normalized spacial score (nSPS) is 19.4. The predicted octanol–water partition coefficient (Wildman–Crippen LogP) is 3.60. The van der Waals surface area contributed by atoms with Crippen molar-refractivity contribution in [1.82, 2.24) is 4.98 Å². The molecule has 2 rings (SSSR count). The summed E-state index contributed by atoms with van der Waals surface area (Å²) >= 11 is 0. The van der Waals surface area contributed by atoms with Crippen LogP contribution in [0.4, 0.5) is 19.0 Å². The standard InChI is InChI=1S/C14H19F3N2O/c15-14(16,17)11-6-5-7-12(19-11)18-10-13(20)8-3-1-2-4-9-13/h5-7,20H,1-4,8-10H2,(H,18,19). The molecule has 0 radical (unpaired) electrons. The summed E-state index contributed by atoms with van der Waals surface area (Å²) in [5.74, 6) is 0.150. The van der Waals surface area contributed by atoms with E-state index in [1.165, 1.54) is 12.1 Å². The zero-order valence-electron chi connectivity index (χ0n) is 11.2. The van der Waals surface area contributed by atoms with Crippen LogP contribution in [0.25, 0.3) is 0 Å². The third-order valence-electron chi connectivity index (χ3n) is 3.67. The average molecular weight is 288 g/mol. The minimum atomic E-state index is -4.45. The molecule has 0 aliphatic heterocycles. The molecule has 1 aliphatic rings. The largest absolute Gasteiger partial charge is 0.433 e. The van der Waals surface area contributed by atoms with Gasteiger partial charge in [-0.05, 0) is 25.0 Å². The third-order valence-corrected chi connectivity index (χ3v) is 3.67. The van der Waals surface area contributed by atoms with Gasteiger partial charge in [0.1, 0.15) is 11.5 Å². The second-order valence-corrected chi connectivity index (χ2v) is 5.40. The van der Waals surface area contributed by atoms with E-state index in [9.17, 15) is 18.3 Å². The number of nitrogens with zero attached hydrogens (tertiary/aromatic N) is 1. The van der Waals surface area contributed by atoms with Crippen LogP contribution in [0.15, 0.2) is 18.2 Å². The first-order valence-corrected chi connectivity index (χ1v) is 6.90. The fourth-order valence-electron chi connectivity index (χ4n) is 2.51. The molecule has 1 aromatic heterocycles. The monoisotopic (exact) mass is 288 g/mol. The minimum Gasteiger partial charge on any atom is -0.388 e. The van der Waals surface area contributed by atoms with E-state index >= 15 is 0 Å². The van der Waals surface area contributed by atoms with Gasteiger partial charge in [0, 0.05) is 6.54 Å². The quantitative estimate of drug-likeness (QED) is 0.835. The maximum absolute atomic E-state index is 12.6. The molecule has 0 atom stereocenters. The molecule has 6 heteroatoms. The molecular formula is C14H19F3N2O. The highest BCUT2D eigenvalue weighted by Crippen LogP contribution is 2.29. The SMILES string of the molecule is OC1(CNc2cccc(C(F)(F)F)n2)CCCCCC1. The number of nitrogens with one attached hydrogen (secondary N) is 1. The highest BCUT2D eigenvalue weighted by molar-refractivity contribution is 5.36. The Hall–Kier alpha value is -1.30. The lowest BCUT2D eigenvalue weighted by atomic mass is 9.94. The minimum absolute atomic E-state index is 0.150. The molecule has 1 heterocycles. The molecule has 2 N–H and O–H groups in total. The summed E-state index contributed by atoms with van der Waals surface area (Å²) in [5, 5.41) is 13.3. The smallest absolute Gasteiger partial charge is 0.388 e. The summed E-state index contributed by atoms with van der Waals surface area (Å²) in [4.78, 5) is 3.54.